The topological polar surface area (TPSA) is 93.0 Å². The molecule has 0 aliphatic rings. The summed E-state index contributed by atoms with van der Waals surface area (Å²) in [5.41, 5.74) is -1.36. The summed E-state index contributed by atoms with van der Waals surface area (Å²) >= 11 is 0. The van der Waals surface area contributed by atoms with Crippen LogP contribution in [0.15, 0.2) is 0 Å². The van der Waals surface area contributed by atoms with Gasteiger partial charge >= 0.3 is 0 Å². The highest BCUT2D eigenvalue weighted by Crippen LogP contribution is 2.19. The molecule has 5 nitrogen and oxygen atoms in total. The monoisotopic (exact) mass is 221 g/mol. The molecule has 0 saturated heterocycles. The van der Waals surface area contributed by atoms with Crippen molar-refractivity contribution in [3.8, 4) is 0 Å². The number of hydrogen-bond donors (Lipinski definition) is 5. The van der Waals surface area contributed by atoms with E-state index in [4.69, 9.17) is 15.3 Å². The standard InChI is InChI=1S/C10H23NO4/c1-3-9(2,5-12)4-11-10(6-13,7-14)8-15/h11-15H,3-8H2,1-2H3. The summed E-state index contributed by atoms with van der Waals surface area (Å²) in [4.78, 5) is 0. The summed E-state index contributed by atoms with van der Waals surface area (Å²) < 4.78 is 0. The molecule has 0 amide bonds. The summed E-state index contributed by atoms with van der Waals surface area (Å²) in [5.74, 6) is 0. The Hall–Kier alpha value is -0.200. The molecule has 0 saturated carbocycles. The first kappa shape index (κ1) is 14.8. The van der Waals surface area contributed by atoms with Gasteiger partial charge in [0.25, 0.3) is 0 Å². The smallest absolute Gasteiger partial charge is 0.0881 e. The van der Waals surface area contributed by atoms with Crippen LogP contribution in [-0.2, 0) is 0 Å². The largest absolute Gasteiger partial charge is 0.396 e. The van der Waals surface area contributed by atoms with Gasteiger partial charge in [-0.15, -0.1) is 0 Å². The van der Waals surface area contributed by atoms with Crippen LogP contribution in [0.2, 0.25) is 0 Å². The Balaban J connectivity index is 4.32. The van der Waals surface area contributed by atoms with Gasteiger partial charge in [0, 0.05) is 18.6 Å². The maximum Gasteiger partial charge on any atom is 0.0881 e. The lowest BCUT2D eigenvalue weighted by atomic mass is 9.87. The van der Waals surface area contributed by atoms with Gasteiger partial charge in [-0.25, -0.2) is 0 Å². The molecule has 0 aromatic rings. The van der Waals surface area contributed by atoms with Crippen molar-refractivity contribution in [2.75, 3.05) is 33.0 Å². The molecule has 5 N–H and O–H groups in total. The van der Waals surface area contributed by atoms with E-state index >= 15 is 0 Å². The molecule has 0 rings (SSSR count). The van der Waals surface area contributed by atoms with Crippen LogP contribution < -0.4 is 5.32 Å². The van der Waals surface area contributed by atoms with Crippen molar-refractivity contribution in [3.63, 3.8) is 0 Å². The van der Waals surface area contributed by atoms with Crippen LogP contribution in [0.3, 0.4) is 0 Å². The van der Waals surface area contributed by atoms with Crippen LogP contribution in [0.1, 0.15) is 20.3 Å². The molecule has 0 aromatic carbocycles. The second-order valence-electron chi connectivity index (χ2n) is 4.43. The van der Waals surface area contributed by atoms with Gasteiger partial charge < -0.3 is 25.7 Å². The van der Waals surface area contributed by atoms with Crippen LogP contribution in [0.5, 0.6) is 0 Å². The van der Waals surface area contributed by atoms with Crippen molar-refractivity contribution in [3.05, 3.63) is 0 Å². The summed E-state index contributed by atoms with van der Waals surface area (Å²) in [6, 6.07) is 0. The van der Waals surface area contributed by atoms with Crippen molar-refractivity contribution in [2.45, 2.75) is 25.8 Å². The molecular weight excluding hydrogens is 198 g/mol. The van der Waals surface area contributed by atoms with Gasteiger partial charge in [0.2, 0.25) is 0 Å². The predicted molar refractivity (Wildman–Crippen MR) is 57.5 cm³/mol. The molecule has 0 bridgehead atoms. The molecule has 0 heterocycles. The van der Waals surface area contributed by atoms with Crippen LogP contribution in [0.25, 0.3) is 0 Å². The fourth-order valence-electron chi connectivity index (χ4n) is 1.01. The highest BCUT2D eigenvalue weighted by Gasteiger charge is 2.31. The zero-order valence-electron chi connectivity index (χ0n) is 9.53. The van der Waals surface area contributed by atoms with E-state index in [0.717, 1.165) is 6.42 Å². The highest BCUT2D eigenvalue weighted by molar-refractivity contribution is 4.89. The van der Waals surface area contributed by atoms with E-state index in [1.165, 1.54) is 0 Å². The third-order valence-corrected chi connectivity index (χ3v) is 3.03. The normalized spacial score (nSPS) is 16.4. The maximum atomic E-state index is 9.17. The molecule has 0 fully saturated rings. The summed E-state index contributed by atoms with van der Waals surface area (Å²) in [6.07, 6.45) is 0.773. The molecule has 1 atom stereocenters. The Morgan fingerprint density at radius 2 is 1.40 bits per heavy atom. The lowest BCUT2D eigenvalue weighted by Crippen LogP contribution is -2.57. The van der Waals surface area contributed by atoms with Gasteiger partial charge in [-0.1, -0.05) is 13.8 Å². The highest BCUT2D eigenvalue weighted by atomic mass is 16.3. The number of nitrogens with one attached hydrogen (secondary N) is 1. The second-order valence-corrected chi connectivity index (χ2v) is 4.43. The van der Waals surface area contributed by atoms with Crippen LogP contribution >= 0.6 is 0 Å². The average molecular weight is 221 g/mol. The third-order valence-electron chi connectivity index (χ3n) is 3.03. The third kappa shape index (κ3) is 4.04. The Morgan fingerprint density at radius 1 is 0.933 bits per heavy atom. The fourth-order valence-corrected chi connectivity index (χ4v) is 1.01. The Bertz CT molecular complexity index is 159. The van der Waals surface area contributed by atoms with Crippen molar-refractivity contribution in [2.24, 2.45) is 5.41 Å². The first-order chi connectivity index (χ1) is 7.01. The Labute approximate surface area is 90.8 Å². The molecule has 1 unspecified atom stereocenters. The first-order valence-corrected chi connectivity index (χ1v) is 5.20. The van der Waals surface area contributed by atoms with Crippen molar-refractivity contribution >= 4 is 0 Å². The molecule has 0 aliphatic carbocycles. The van der Waals surface area contributed by atoms with Crippen molar-refractivity contribution in [1.82, 2.24) is 5.32 Å². The van der Waals surface area contributed by atoms with E-state index in [9.17, 15) is 5.11 Å². The minimum Gasteiger partial charge on any atom is -0.396 e. The fraction of sp³-hybridized carbons (Fsp3) is 1.00. The van der Waals surface area contributed by atoms with E-state index in [0.29, 0.717) is 6.54 Å². The molecule has 92 valence electrons. The predicted octanol–water partition coefficient (Wildman–Crippen LogP) is -1.30. The van der Waals surface area contributed by atoms with Gasteiger partial charge in [0.1, 0.15) is 0 Å². The van der Waals surface area contributed by atoms with E-state index in [-0.39, 0.29) is 31.8 Å². The number of aliphatic hydroxyl groups is 4. The van der Waals surface area contributed by atoms with Gasteiger partial charge in [-0.3, -0.25) is 0 Å². The molecule has 0 aromatic heterocycles. The Kier molecular flexibility index (Phi) is 6.31. The van der Waals surface area contributed by atoms with Crippen LogP contribution in [0.4, 0.5) is 0 Å². The molecule has 5 heteroatoms. The summed E-state index contributed by atoms with van der Waals surface area (Å²) in [6.45, 7) is 3.28. The van der Waals surface area contributed by atoms with E-state index in [1.54, 1.807) is 0 Å². The van der Waals surface area contributed by atoms with Gasteiger partial charge in [-0.05, 0) is 6.42 Å². The molecular formula is C10H23NO4. The molecule has 0 radical (unpaired) electrons. The van der Waals surface area contributed by atoms with Gasteiger partial charge in [0.15, 0.2) is 0 Å². The Morgan fingerprint density at radius 3 is 1.67 bits per heavy atom. The molecule has 0 spiro atoms. The second kappa shape index (κ2) is 6.40. The molecule has 15 heavy (non-hydrogen) atoms. The van der Waals surface area contributed by atoms with Crippen molar-refractivity contribution < 1.29 is 20.4 Å². The average Bonchev–Trinajstić information content (AvgIpc) is 2.31. The van der Waals surface area contributed by atoms with Gasteiger partial charge in [-0.2, -0.15) is 0 Å². The number of rotatable bonds is 8. The summed E-state index contributed by atoms with van der Waals surface area (Å²) in [7, 11) is 0. The number of aliphatic hydroxyl groups excluding tert-OH is 4. The van der Waals surface area contributed by atoms with Gasteiger partial charge in [0.05, 0.1) is 25.4 Å². The van der Waals surface area contributed by atoms with Crippen LogP contribution in [-0.4, -0.2) is 58.9 Å². The lowest BCUT2D eigenvalue weighted by molar-refractivity contribution is 0.0273. The lowest BCUT2D eigenvalue weighted by Gasteiger charge is -2.34. The van der Waals surface area contributed by atoms with Crippen molar-refractivity contribution in [1.29, 1.82) is 0 Å². The van der Waals surface area contributed by atoms with E-state index in [2.05, 4.69) is 5.32 Å². The quantitative estimate of drug-likeness (QED) is 0.351. The molecule has 0 aliphatic heterocycles. The minimum absolute atomic E-state index is 0.0227. The van der Waals surface area contributed by atoms with Crippen LogP contribution in [0, 0.1) is 5.41 Å². The SMILES string of the molecule is CCC(C)(CO)CNC(CO)(CO)CO. The maximum absolute atomic E-state index is 9.17. The zero-order chi connectivity index (χ0) is 11.9. The first-order valence-electron chi connectivity index (χ1n) is 5.20. The van der Waals surface area contributed by atoms with E-state index < -0.39 is 5.54 Å². The summed E-state index contributed by atoms with van der Waals surface area (Å²) in [5, 5.41) is 39.3. The number of hydrogen-bond acceptors (Lipinski definition) is 5. The van der Waals surface area contributed by atoms with E-state index in [1.807, 2.05) is 13.8 Å². The minimum atomic E-state index is -1.06. The zero-order valence-corrected chi connectivity index (χ0v) is 9.53.